The molecule has 4 aromatic heterocycles. The van der Waals surface area contributed by atoms with Crippen LogP contribution in [0.15, 0.2) is 180 Å². The van der Waals surface area contributed by atoms with E-state index in [9.17, 15) is 0 Å². The van der Waals surface area contributed by atoms with Crippen molar-refractivity contribution < 1.29 is 0 Å². The maximum absolute atomic E-state index is 4.58. The standard InChI is InChI=1S/C52H30N4S4/c1-9-35(49-53-21-25-57-49)10-2-31(1)43-29-44(32-3-11-36(12-4-32)50-54-22-26-58-50)40-19-20-42-46(34-7-15-38(16-8-34)52-56-24-28-60-52)30-45(41-18-17-39(43)47(40)48(41)42)33-5-13-37(14-6-33)51-55-23-27-59-51/h1-30H. The Balaban J connectivity index is 1.13. The molecular formula is C52H30N4S4. The average molecular weight is 839 g/mol. The fourth-order valence-corrected chi connectivity index (χ4v) is 11.2. The van der Waals surface area contributed by atoms with E-state index >= 15 is 0 Å². The summed E-state index contributed by atoms with van der Waals surface area (Å²) >= 11 is 6.66. The van der Waals surface area contributed by atoms with Gasteiger partial charge in [0.15, 0.2) is 0 Å². The number of aromatic nitrogens is 4. The van der Waals surface area contributed by atoms with Gasteiger partial charge in [0.05, 0.1) is 0 Å². The molecule has 0 bridgehead atoms. The van der Waals surface area contributed by atoms with Crippen LogP contribution in [0.2, 0.25) is 0 Å². The highest BCUT2D eigenvalue weighted by molar-refractivity contribution is 7.13. The van der Waals surface area contributed by atoms with Crippen molar-refractivity contribution in [3.63, 3.8) is 0 Å². The molecule has 0 saturated carbocycles. The molecule has 12 aromatic rings. The topological polar surface area (TPSA) is 51.6 Å². The Hall–Kier alpha value is -6.68. The van der Waals surface area contributed by atoms with Crippen molar-refractivity contribution in [3.05, 3.63) is 180 Å². The molecule has 0 unspecified atom stereocenters. The number of thiazole rings is 4. The van der Waals surface area contributed by atoms with Crippen molar-refractivity contribution in [2.45, 2.75) is 0 Å². The molecular weight excluding hydrogens is 809 g/mol. The third-order valence-electron chi connectivity index (χ3n) is 11.4. The van der Waals surface area contributed by atoms with Crippen molar-refractivity contribution in [1.29, 1.82) is 0 Å². The summed E-state index contributed by atoms with van der Waals surface area (Å²) in [6, 6.07) is 49.8. The van der Waals surface area contributed by atoms with Crippen LogP contribution in [0.25, 0.3) is 119 Å². The van der Waals surface area contributed by atoms with Crippen molar-refractivity contribution in [3.8, 4) is 86.8 Å². The van der Waals surface area contributed by atoms with E-state index in [1.807, 2.05) is 46.3 Å². The van der Waals surface area contributed by atoms with E-state index in [2.05, 4.69) is 153 Å². The monoisotopic (exact) mass is 838 g/mol. The molecule has 0 radical (unpaired) electrons. The normalized spacial score (nSPS) is 11.7. The van der Waals surface area contributed by atoms with E-state index in [-0.39, 0.29) is 0 Å². The first-order valence-electron chi connectivity index (χ1n) is 19.5. The molecule has 8 aromatic carbocycles. The van der Waals surface area contributed by atoms with E-state index in [0.717, 1.165) is 42.3 Å². The molecule has 0 spiro atoms. The third kappa shape index (κ3) is 5.99. The lowest BCUT2D eigenvalue weighted by Crippen LogP contribution is -1.94. The molecule has 0 aliphatic carbocycles. The van der Waals surface area contributed by atoms with Gasteiger partial charge in [0.2, 0.25) is 0 Å². The van der Waals surface area contributed by atoms with Gasteiger partial charge in [0.1, 0.15) is 20.0 Å². The number of nitrogens with zero attached hydrogens (tertiary/aromatic N) is 4. The summed E-state index contributed by atoms with van der Waals surface area (Å²) in [6.45, 7) is 0. The number of benzene rings is 8. The molecule has 0 aliphatic rings. The maximum atomic E-state index is 4.58. The lowest BCUT2D eigenvalue weighted by molar-refractivity contribution is 1.41. The largest absolute Gasteiger partial charge is 0.245 e. The molecule has 0 amide bonds. The van der Waals surface area contributed by atoms with Crippen LogP contribution in [0, 0.1) is 0 Å². The molecule has 4 heterocycles. The minimum Gasteiger partial charge on any atom is -0.245 e. The Labute approximate surface area is 361 Å². The Bertz CT molecular complexity index is 2950. The molecule has 4 nitrogen and oxygen atoms in total. The Morgan fingerprint density at radius 2 is 0.467 bits per heavy atom. The van der Waals surface area contributed by atoms with Crippen molar-refractivity contribution in [2.24, 2.45) is 0 Å². The minimum absolute atomic E-state index is 1.03. The number of hydrogen-bond donors (Lipinski definition) is 0. The molecule has 12 rings (SSSR count). The Morgan fingerprint density at radius 1 is 0.250 bits per heavy atom. The van der Waals surface area contributed by atoms with E-state index < -0.39 is 0 Å². The van der Waals surface area contributed by atoms with Crippen molar-refractivity contribution in [2.75, 3.05) is 0 Å². The molecule has 8 heteroatoms. The molecule has 0 aliphatic heterocycles. The summed E-state index contributed by atoms with van der Waals surface area (Å²) in [7, 11) is 0. The van der Waals surface area contributed by atoms with Crippen LogP contribution in [0.3, 0.4) is 0 Å². The van der Waals surface area contributed by atoms with Gasteiger partial charge < -0.3 is 0 Å². The highest BCUT2D eigenvalue weighted by Gasteiger charge is 2.21. The van der Waals surface area contributed by atoms with Crippen LogP contribution in [-0.2, 0) is 0 Å². The van der Waals surface area contributed by atoms with Crippen LogP contribution >= 0.6 is 45.3 Å². The summed E-state index contributed by atoms with van der Waals surface area (Å²) in [5, 5.41) is 19.7. The summed E-state index contributed by atoms with van der Waals surface area (Å²) in [6.07, 6.45) is 7.48. The third-order valence-corrected chi connectivity index (χ3v) is 14.7. The zero-order valence-corrected chi connectivity index (χ0v) is 35.0. The highest BCUT2D eigenvalue weighted by Crippen LogP contribution is 2.49. The average Bonchev–Trinajstić information content (AvgIpc) is 4.18. The highest BCUT2D eigenvalue weighted by atomic mass is 32.1. The maximum Gasteiger partial charge on any atom is 0.123 e. The molecule has 0 fully saturated rings. The summed E-state index contributed by atoms with van der Waals surface area (Å²) in [5.74, 6) is 0. The molecule has 0 saturated heterocycles. The van der Waals surface area contributed by atoms with E-state index in [4.69, 9.17) is 0 Å². The predicted octanol–water partition coefficient (Wildman–Crippen LogP) is 15.7. The summed E-state index contributed by atoms with van der Waals surface area (Å²) < 4.78 is 0. The van der Waals surface area contributed by atoms with Crippen molar-refractivity contribution >= 4 is 77.7 Å². The van der Waals surface area contributed by atoms with Crippen LogP contribution in [0.1, 0.15) is 0 Å². The number of rotatable bonds is 8. The second-order valence-electron chi connectivity index (χ2n) is 14.7. The SMILES string of the molecule is c1csc(-c2ccc(-c3cc(-c4ccc(-c5nccs5)cc4)c4ccc5c(-c6ccc(-c7nccs7)cc6)cc(-c6ccc(-c7nccs7)cc6)c6ccc3c4c65)cc2)n1. The second-order valence-corrected chi connectivity index (χ2v) is 18.3. The zero-order valence-electron chi connectivity index (χ0n) is 31.7. The quantitative estimate of drug-likeness (QED) is 0.143. The zero-order chi connectivity index (χ0) is 39.6. The minimum atomic E-state index is 1.03. The Kier molecular flexibility index (Phi) is 8.55. The summed E-state index contributed by atoms with van der Waals surface area (Å²) in [5.41, 5.74) is 14.0. The molecule has 60 heavy (non-hydrogen) atoms. The van der Waals surface area contributed by atoms with Crippen LogP contribution < -0.4 is 0 Å². The fraction of sp³-hybridized carbons (Fsp3) is 0. The van der Waals surface area contributed by atoms with Gasteiger partial charge in [-0.2, -0.15) is 0 Å². The van der Waals surface area contributed by atoms with Gasteiger partial charge in [-0.1, -0.05) is 121 Å². The van der Waals surface area contributed by atoms with Crippen LogP contribution in [0.5, 0.6) is 0 Å². The molecule has 0 N–H and O–H groups in total. The summed E-state index contributed by atoms with van der Waals surface area (Å²) in [4.78, 5) is 18.3. The first-order valence-corrected chi connectivity index (χ1v) is 23.1. The van der Waals surface area contributed by atoms with Crippen LogP contribution in [-0.4, -0.2) is 19.9 Å². The fourth-order valence-electron chi connectivity index (χ4n) is 8.58. The van der Waals surface area contributed by atoms with Gasteiger partial charge >= 0.3 is 0 Å². The van der Waals surface area contributed by atoms with Crippen molar-refractivity contribution in [1.82, 2.24) is 19.9 Å². The Morgan fingerprint density at radius 3 is 0.667 bits per heavy atom. The van der Waals surface area contributed by atoms with E-state index in [0.29, 0.717) is 0 Å². The lowest BCUT2D eigenvalue weighted by Gasteiger charge is -2.22. The molecule has 0 atom stereocenters. The van der Waals surface area contributed by atoms with Gasteiger partial charge in [-0.05, 0) is 89.0 Å². The van der Waals surface area contributed by atoms with Crippen LogP contribution in [0.4, 0.5) is 0 Å². The predicted molar refractivity (Wildman–Crippen MR) is 256 cm³/mol. The lowest BCUT2D eigenvalue weighted by atomic mass is 9.81. The second kappa shape index (κ2) is 14.5. The van der Waals surface area contributed by atoms with Gasteiger partial charge in [-0.25, -0.2) is 19.9 Å². The first-order chi connectivity index (χ1) is 29.7. The van der Waals surface area contributed by atoms with E-state index in [1.165, 1.54) is 76.8 Å². The van der Waals surface area contributed by atoms with Gasteiger partial charge in [0.25, 0.3) is 0 Å². The van der Waals surface area contributed by atoms with Gasteiger partial charge in [0, 0.05) is 68.6 Å². The number of hydrogen-bond acceptors (Lipinski definition) is 8. The smallest absolute Gasteiger partial charge is 0.123 e. The molecule has 282 valence electrons. The first kappa shape index (κ1) is 35.3. The van der Waals surface area contributed by atoms with E-state index in [1.54, 1.807) is 45.3 Å². The van der Waals surface area contributed by atoms with Gasteiger partial charge in [-0.3, -0.25) is 0 Å². The van der Waals surface area contributed by atoms with Gasteiger partial charge in [-0.15, -0.1) is 45.3 Å².